The molecule has 0 aliphatic heterocycles. The first-order valence-corrected chi connectivity index (χ1v) is 10.5. The Kier molecular flexibility index (Phi) is 6.12. The number of rotatable bonds is 7. The molecule has 1 aromatic carbocycles. The van der Waals surface area contributed by atoms with E-state index in [1.807, 2.05) is 13.8 Å². The number of methoxy groups -OCH3 is 1. The van der Waals surface area contributed by atoms with Gasteiger partial charge in [0.05, 0.1) is 36.2 Å². The number of pyridine rings is 1. The number of carbonyl (C=O) groups excluding carboxylic acids is 2. The molecular formula is C24H24N4O5. The van der Waals surface area contributed by atoms with E-state index in [1.165, 1.54) is 20.3 Å². The molecule has 33 heavy (non-hydrogen) atoms. The molecule has 4 aromatic rings. The molecule has 1 atom stereocenters. The van der Waals surface area contributed by atoms with Crippen molar-refractivity contribution in [3.05, 3.63) is 60.5 Å². The highest BCUT2D eigenvalue weighted by atomic mass is 16.5. The second-order valence-corrected chi connectivity index (χ2v) is 7.69. The minimum Gasteiger partial charge on any atom is -0.495 e. The maximum atomic E-state index is 13.1. The zero-order chi connectivity index (χ0) is 23.5. The van der Waals surface area contributed by atoms with Crippen molar-refractivity contribution in [3.63, 3.8) is 0 Å². The molecule has 9 heteroatoms. The van der Waals surface area contributed by atoms with Crippen LogP contribution < -0.4 is 10.1 Å². The molecule has 0 spiro atoms. The van der Waals surface area contributed by atoms with Crippen molar-refractivity contribution >= 4 is 28.6 Å². The molecule has 0 aliphatic rings. The predicted molar refractivity (Wildman–Crippen MR) is 122 cm³/mol. The van der Waals surface area contributed by atoms with E-state index >= 15 is 0 Å². The van der Waals surface area contributed by atoms with Gasteiger partial charge in [-0.15, -0.1) is 0 Å². The van der Waals surface area contributed by atoms with Gasteiger partial charge in [-0.25, -0.2) is 14.5 Å². The predicted octanol–water partition coefficient (Wildman–Crippen LogP) is 4.46. The van der Waals surface area contributed by atoms with Gasteiger partial charge in [0.2, 0.25) is 0 Å². The minimum absolute atomic E-state index is 0.0243. The van der Waals surface area contributed by atoms with Crippen LogP contribution >= 0.6 is 0 Å². The molecule has 3 aromatic heterocycles. The van der Waals surface area contributed by atoms with Crippen molar-refractivity contribution in [1.29, 1.82) is 0 Å². The number of aromatic nitrogens is 3. The topological polar surface area (TPSA) is 108 Å². The van der Waals surface area contributed by atoms with Crippen LogP contribution in [-0.4, -0.2) is 39.9 Å². The molecule has 1 amide bonds. The van der Waals surface area contributed by atoms with E-state index in [-0.39, 0.29) is 11.6 Å². The average Bonchev–Trinajstić information content (AvgIpc) is 3.48. The molecule has 0 aliphatic carbocycles. The van der Waals surface area contributed by atoms with E-state index in [0.29, 0.717) is 33.9 Å². The van der Waals surface area contributed by atoms with Gasteiger partial charge in [0.1, 0.15) is 11.4 Å². The number of carbonyl (C=O) groups is 2. The van der Waals surface area contributed by atoms with Crippen molar-refractivity contribution in [2.75, 3.05) is 12.4 Å². The molecule has 3 heterocycles. The van der Waals surface area contributed by atoms with Crippen molar-refractivity contribution in [2.24, 2.45) is 0 Å². The van der Waals surface area contributed by atoms with E-state index in [4.69, 9.17) is 13.9 Å². The lowest BCUT2D eigenvalue weighted by molar-refractivity contribution is -0.123. The molecule has 170 valence electrons. The molecule has 0 saturated carbocycles. The molecule has 1 N–H and O–H groups in total. The number of hydrogen-bond acceptors (Lipinski definition) is 7. The molecule has 1 unspecified atom stereocenters. The summed E-state index contributed by atoms with van der Waals surface area (Å²) in [5.41, 5.74) is 1.72. The third kappa shape index (κ3) is 4.43. The largest absolute Gasteiger partial charge is 0.495 e. The molecule has 9 nitrogen and oxygen atoms in total. The van der Waals surface area contributed by atoms with Gasteiger partial charge in [0.25, 0.3) is 5.91 Å². The van der Waals surface area contributed by atoms with Crippen LogP contribution in [-0.2, 0) is 9.53 Å². The summed E-state index contributed by atoms with van der Waals surface area (Å²) < 4.78 is 17.9. The maximum Gasteiger partial charge on any atom is 0.339 e. The van der Waals surface area contributed by atoms with Crippen LogP contribution in [0.15, 0.2) is 59.3 Å². The van der Waals surface area contributed by atoms with Gasteiger partial charge < -0.3 is 19.2 Å². The summed E-state index contributed by atoms with van der Waals surface area (Å²) in [6, 6.07) is 12.1. The van der Waals surface area contributed by atoms with Crippen LogP contribution in [0.4, 0.5) is 5.69 Å². The van der Waals surface area contributed by atoms with Crippen LogP contribution in [0.1, 0.15) is 37.2 Å². The lowest BCUT2D eigenvalue weighted by Gasteiger charge is -2.16. The Labute approximate surface area is 190 Å². The lowest BCUT2D eigenvalue weighted by atomic mass is 10.1. The Balaban J connectivity index is 1.62. The highest BCUT2D eigenvalue weighted by Crippen LogP contribution is 2.28. The number of para-hydroxylation sites is 2. The lowest BCUT2D eigenvalue weighted by Crippen LogP contribution is -2.30. The van der Waals surface area contributed by atoms with Gasteiger partial charge in [-0.3, -0.25) is 4.79 Å². The minimum atomic E-state index is -1.06. The maximum absolute atomic E-state index is 13.1. The van der Waals surface area contributed by atoms with Gasteiger partial charge in [-0.1, -0.05) is 12.1 Å². The van der Waals surface area contributed by atoms with Gasteiger partial charge in [0, 0.05) is 6.04 Å². The summed E-state index contributed by atoms with van der Waals surface area (Å²) in [4.78, 5) is 30.4. The Morgan fingerprint density at radius 3 is 2.61 bits per heavy atom. The number of fused-ring (bicyclic) bond motifs is 1. The van der Waals surface area contributed by atoms with Crippen LogP contribution in [0.3, 0.4) is 0 Å². The summed E-state index contributed by atoms with van der Waals surface area (Å²) in [7, 11) is 1.51. The van der Waals surface area contributed by atoms with Crippen molar-refractivity contribution in [2.45, 2.75) is 32.9 Å². The first-order valence-electron chi connectivity index (χ1n) is 10.5. The number of nitrogens with zero attached hydrogens (tertiary/aromatic N) is 3. The number of benzene rings is 1. The molecule has 4 rings (SSSR count). The van der Waals surface area contributed by atoms with Crippen molar-refractivity contribution in [3.8, 4) is 17.2 Å². The smallest absolute Gasteiger partial charge is 0.339 e. The molecular weight excluding hydrogens is 424 g/mol. The Morgan fingerprint density at radius 1 is 1.12 bits per heavy atom. The third-order valence-electron chi connectivity index (χ3n) is 5.07. The fraction of sp³-hybridized carbons (Fsp3) is 0.250. The highest BCUT2D eigenvalue weighted by molar-refractivity contribution is 6.05. The van der Waals surface area contributed by atoms with Crippen LogP contribution in [0.5, 0.6) is 5.75 Å². The second-order valence-electron chi connectivity index (χ2n) is 7.69. The quantitative estimate of drug-likeness (QED) is 0.416. The van der Waals surface area contributed by atoms with Gasteiger partial charge in [-0.05, 0) is 51.1 Å². The van der Waals surface area contributed by atoms with E-state index < -0.39 is 18.0 Å². The average molecular weight is 448 g/mol. The normalized spacial score (nSPS) is 12.0. The van der Waals surface area contributed by atoms with Gasteiger partial charge >= 0.3 is 5.97 Å². The Hall–Kier alpha value is -4.14. The van der Waals surface area contributed by atoms with E-state index in [2.05, 4.69) is 15.4 Å². The van der Waals surface area contributed by atoms with Crippen LogP contribution in [0, 0.1) is 0 Å². The Morgan fingerprint density at radius 2 is 1.91 bits per heavy atom. The van der Waals surface area contributed by atoms with Crippen molar-refractivity contribution in [1.82, 2.24) is 14.8 Å². The SMILES string of the molecule is COc1ccccc1NC(=O)C(C)OC(=O)c1cc(-c2ccco2)nc2c1cnn2C(C)C. The fourth-order valence-corrected chi connectivity index (χ4v) is 3.38. The zero-order valence-corrected chi connectivity index (χ0v) is 18.7. The molecule has 0 bridgehead atoms. The van der Waals surface area contributed by atoms with E-state index in [0.717, 1.165) is 0 Å². The number of anilines is 1. The number of hydrogen-bond donors (Lipinski definition) is 1. The van der Waals surface area contributed by atoms with Crippen LogP contribution in [0.2, 0.25) is 0 Å². The van der Waals surface area contributed by atoms with E-state index in [9.17, 15) is 9.59 Å². The number of ether oxygens (including phenoxy) is 2. The summed E-state index contributed by atoms with van der Waals surface area (Å²) in [5.74, 6) is -0.141. The summed E-state index contributed by atoms with van der Waals surface area (Å²) in [6.45, 7) is 5.44. The third-order valence-corrected chi connectivity index (χ3v) is 5.07. The van der Waals surface area contributed by atoms with E-state index in [1.54, 1.807) is 53.3 Å². The fourth-order valence-electron chi connectivity index (χ4n) is 3.38. The molecule has 0 radical (unpaired) electrons. The first kappa shape index (κ1) is 22.1. The standard InChI is InChI=1S/C24H24N4O5/c1-14(2)28-22-17(13-25-28)16(12-19(26-22)21-10-7-11-32-21)24(30)33-15(3)23(29)27-18-8-5-6-9-20(18)31-4/h5-15H,1-4H3,(H,27,29). The zero-order valence-electron chi connectivity index (χ0n) is 18.7. The Bertz CT molecular complexity index is 1290. The van der Waals surface area contributed by atoms with Crippen LogP contribution in [0.25, 0.3) is 22.5 Å². The number of amides is 1. The summed E-state index contributed by atoms with van der Waals surface area (Å²) >= 11 is 0. The number of esters is 1. The highest BCUT2D eigenvalue weighted by Gasteiger charge is 2.24. The van der Waals surface area contributed by atoms with Crippen molar-refractivity contribution < 1.29 is 23.5 Å². The van der Waals surface area contributed by atoms with Gasteiger partial charge in [0.15, 0.2) is 17.5 Å². The van der Waals surface area contributed by atoms with Gasteiger partial charge in [-0.2, -0.15) is 5.10 Å². The number of furan rings is 1. The molecule has 0 fully saturated rings. The second kappa shape index (κ2) is 9.15. The monoisotopic (exact) mass is 448 g/mol. The number of nitrogens with one attached hydrogen (secondary N) is 1. The summed E-state index contributed by atoms with van der Waals surface area (Å²) in [5, 5.41) is 7.62. The first-order chi connectivity index (χ1) is 15.9. The molecule has 0 saturated heterocycles. The summed E-state index contributed by atoms with van der Waals surface area (Å²) in [6.07, 6.45) is 2.05.